The molecule has 32 heavy (non-hydrogen) atoms. The number of aromatic nitrogens is 4. The highest BCUT2D eigenvalue weighted by molar-refractivity contribution is 5.85. The second kappa shape index (κ2) is 10.6. The Kier molecular flexibility index (Phi) is 7.41. The lowest BCUT2D eigenvalue weighted by molar-refractivity contribution is -0.138. The molecule has 9 nitrogen and oxygen atoms in total. The topological polar surface area (TPSA) is 102 Å². The summed E-state index contributed by atoms with van der Waals surface area (Å²) in [7, 11) is 0. The fourth-order valence-electron chi connectivity index (χ4n) is 4.33. The molecule has 2 heterocycles. The highest BCUT2D eigenvalue weighted by Crippen LogP contribution is 2.19. The van der Waals surface area contributed by atoms with Gasteiger partial charge in [0.15, 0.2) is 5.82 Å². The summed E-state index contributed by atoms with van der Waals surface area (Å²) < 4.78 is 20.3. The minimum absolute atomic E-state index is 0.0246. The Balaban J connectivity index is 1.43. The first kappa shape index (κ1) is 22.3. The van der Waals surface area contributed by atoms with Crippen LogP contribution in [0.4, 0.5) is 4.39 Å². The van der Waals surface area contributed by atoms with Crippen LogP contribution in [-0.4, -0.2) is 68.8 Å². The van der Waals surface area contributed by atoms with E-state index in [0.717, 1.165) is 38.5 Å². The number of ether oxygens (including phenoxy) is 1. The monoisotopic (exact) mass is 444 g/mol. The maximum absolute atomic E-state index is 13.3. The lowest BCUT2D eigenvalue weighted by Gasteiger charge is -2.27. The summed E-state index contributed by atoms with van der Waals surface area (Å²) in [6.07, 6.45) is 7.14. The van der Waals surface area contributed by atoms with Gasteiger partial charge in [-0.25, -0.2) is 9.07 Å². The zero-order chi connectivity index (χ0) is 22.3. The molecule has 1 N–H and O–H groups in total. The van der Waals surface area contributed by atoms with Gasteiger partial charge in [0.2, 0.25) is 11.8 Å². The minimum Gasteiger partial charge on any atom is -0.376 e. The quantitative estimate of drug-likeness (QED) is 0.668. The number of benzene rings is 1. The molecule has 1 saturated carbocycles. The van der Waals surface area contributed by atoms with Crippen LogP contribution in [0.3, 0.4) is 0 Å². The van der Waals surface area contributed by atoms with Crippen LogP contribution in [0.1, 0.15) is 44.9 Å². The van der Waals surface area contributed by atoms with Crippen LogP contribution < -0.4 is 5.32 Å². The Morgan fingerprint density at radius 1 is 1.12 bits per heavy atom. The fraction of sp³-hybridized carbons (Fsp3) is 0.591. The molecule has 2 aromatic rings. The summed E-state index contributed by atoms with van der Waals surface area (Å²) in [4.78, 5) is 27.4. The predicted molar refractivity (Wildman–Crippen MR) is 114 cm³/mol. The van der Waals surface area contributed by atoms with Gasteiger partial charge in [0.05, 0.1) is 12.6 Å². The third-order valence-corrected chi connectivity index (χ3v) is 6.02. The first-order valence-corrected chi connectivity index (χ1v) is 11.3. The highest BCUT2D eigenvalue weighted by atomic mass is 19.1. The van der Waals surface area contributed by atoms with Crippen molar-refractivity contribution in [2.45, 2.75) is 63.6 Å². The van der Waals surface area contributed by atoms with E-state index in [-0.39, 0.29) is 42.9 Å². The third kappa shape index (κ3) is 5.87. The Hall–Kier alpha value is -2.88. The van der Waals surface area contributed by atoms with E-state index in [0.29, 0.717) is 24.5 Å². The predicted octanol–water partition coefficient (Wildman–Crippen LogP) is 1.94. The van der Waals surface area contributed by atoms with Crippen LogP contribution in [0.5, 0.6) is 0 Å². The number of nitrogens with one attached hydrogen (secondary N) is 1. The van der Waals surface area contributed by atoms with Crippen LogP contribution in [0.2, 0.25) is 0 Å². The average molecular weight is 445 g/mol. The van der Waals surface area contributed by atoms with Gasteiger partial charge in [-0.2, -0.15) is 0 Å². The van der Waals surface area contributed by atoms with Crippen molar-refractivity contribution in [3.8, 4) is 11.4 Å². The number of rotatable bonds is 8. The number of carbonyl (C=O) groups is 2. The van der Waals surface area contributed by atoms with Crippen LogP contribution in [-0.2, 0) is 20.9 Å². The SMILES string of the molecule is O=C(CN(C[C@H]1CCCO1)C(=O)Cn1nnnc1-c1ccc(F)cc1)NC1CCCCC1. The summed E-state index contributed by atoms with van der Waals surface area (Å²) in [5.74, 6) is -0.425. The molecule has 0 bridgehead atoms. The van der Waals surface area contributed by atoms with E-state index >= 15 is 0 Å². The first-order chi connectivity index (χ1) is 15.6. The smallest absolute Gasteiger partial charge is 0.245 e. The summed E-state index contributed by atoms with van der Waals surface area (Å²) in [6.45, 7) is 0.875. The van der Waals surface area contributed by atoms with Crippen molar-refractivity contribution < 1.29 is 18.7 Å². The average Bonchev–Trinajstić information content (AvgIpc) is 3.47. The zero-order valence-corrected chi connectivity index (χ0v) is 18.1. The molecular weight excluding hydrogens is 415 g/mol. The van der Waals surface area contributed by atoms with Crippen molar-refractivity contribution in [1.82, 2.24) is 30.4 Å². The van der Waals surface area contributed by atoms with Crippen molar-refractivity contribution in [2.24, 2.45) is 0 Å². The third-order valence-electron chi connectivity index (χ3n) is 6.02. The highest BCUT2D eigenvalue weighted by Gasteiger charge is 2.26. The molecule has 1 atom stereocenters. The van der Waals surface area contributed by atoms with E-state index < -0.39 is 0 Å². The Labute approximate surface area is 186 Å². The second-order valence-corrected chi connectivity index (χ2v) is 8.48. The van der Waals surface area contributed by atoms with Crippen molar-refractivity contribution in [1.29, 1.82) is 0 Å². The number of hydrogen-bond acceptors (Lipinski definition) is 6. The van der Waals surface area contributed by atoms with Crippen molar-refractivity contribution in [3.05, 3.63) is 30.1 Å². The molecule has 2 aliphatic rings. The number of amides is 2. The standard InChI is InChI=1S/C22H29FN6O3/c23-17-10-8-16(9-11-17)22-25-26-27-29(22)15-21(31)28(13-19-7-4-12-32-19)14-20(30)24-18-5-2-1-3-6-18/h8-11,18-19H,1-7,12-15H2,(H,24,30)/t19-/m1/s1. The Morgan fingerprint density at radius 3 is 2.62 bits per heavy atom. The van der Waals surface area contributed by atoms with E-state index in [1.165, 1.54) is 28.1 Å². The van der Waals surface area contributed by atoms with Crippen LogP contribution in [0, 0.1) is 5.82 Å². The minimum atomic E-state index is -0.365. The van der Waals surface area contributed by atoms with E-state index in [2.05, 4.69) is 20.8 Å². The molecule has 2 amide bonds. The van der Waals surface area contributed by atoms with Crippen LogP contribution in [0.25, 0.3) is 11.4 Å². The number of tetrazole rings is 1. The molecule has 1 aromatic heterocycles. The van der Waals surface area contributed by atoms with Gasteiger partial charge >= 0.3 is 0 Å². The summed E-state index contributed by atoms with van der Waals surface area (Å²) in [6, 6.07) is 5.93. The Bertz CT molecular complexity index is 907. The molecule has 1 aliphatic heterocycles. The van der Waals surface area contributed by atoms with Gasteiger partial charge in [-0.15, -0.1) is 5.10 Å². The molecule has 1 aliphatic carbocycles. The maximum atomic E-state index is 13.3. The molecule has 172 valence electrons. The van der Waals surface area contributed by atoms with Gasteiger partial charge in [-0.1, -0.05) is 19.3 Å². The molecule has 0 spiro atoms. The summed E-state index contributed by atoms with van der Waals surface area (Å²) >= 11 is 0. The summed E-state index contributed by atoms with van der Waals surface area (Å²) in [5.41, 5.74) is 0.602. The zero-order valence-electron chi connectivity index (χ0n) is 18.1. The van der Waals surface area contributed by atoms with Gasteiger partial charge in [0.25, 0.3) is 0 Å². The van der Waals surface area contributed by atoms with Gasteiger partial charge in [-0.05, 0) is 60.4 Å². The largest absolute Gasteiger partial charge is 0.376 e. The van der Waals surface area contributed by atoms with E-state index in [1.54, 1.807) is 12.1 Å². The van der Waals surface area contributed by atoms with Gasteiger partial charge in [0.1, 0.15) is 12.4 Å². The van der Waals surface area contributed by atoms with Gasteiger partial charge in [0, 0.05) is 24.8 Å². The first-order valence-electron chi connectivity index (χ1n) is 11.3. The molecule has 1 saturated heterocycles. The maximum Gasteiger partial charge on any atom is 0.245 e. The molecule has 0 radical (unpaired) electrons. The molecule has 0 unspecified atom stereocenters. The summed E-state index contributed by atoms with van der Waals surface area (Å²) in [5, 5.41) is 14.6. The lowest BCUT2D eigenvalue weighted by Crippen LogP contribution is -2.47. The van der Waals surface area contributed by atoms with Crippen LogP contribution in [0.15, 0.2) is 24.3 Å². The van der Waals surface area contributed by atoms with Crippen LogP contribution >= 0.6 is 0 Å². The lowest BCUT2D eigenvalue weighted by atomic mass is 9.95. The van der Waals surface area contributed by atoms with Crippen molar-refractivity contribution >= 4 is 11.8 Å². The number of hydrogen-bond donors (Lipinski definition) is 1. The molecule has 2 fully saturated rings. The molecular formula is C22H29FN6O3. The fourth-order valence-corrected chi connectivity index (χ4v) is 4.33. The molecule has 1 aromatic carbocycles. The number of nitrogens with zero attached hydrogens (tertiary/aromatic N) is 5. The number of halogens is 1. The van der Waals surface area contributed by atoms with Gasteiger partial charge in [-0.3, -0.25) is 9.59 Å². The normalized spacial score (nSPS) is 19.1. The van der Waals surface area contributed by atoms with E-state index in [4.69, 9.17) is 4.74 Å². The molecule has 4 rings (SSSR count). The second-order valence-electron chi connectivity index (χ2n) is 8.48. The Morgan fingerprint density at radius 2 is 1.91 bits per heavy atom. The van der Waals surface area contributed by atoms with Gasteiger partial charge < -0.3 is 15.0 Å². The van der Waals surface area contributed by atoms with Crippen molar-refractivity contribution in [3.63, 3.8) is 0 Å². The van der Waals surface area contributed by atoms with E-state index in [1.807, 2.05) is 0 Å². The van der Waals surface area contributed by atoms with Crippen molar-refractivity contribution in [2.75, 3.05) is 19.7 Å². The van der Waals surface area contributed by atoms with E-state index in [9.17, 15) is 14.0 Å². The molecule has 10 heteroatoms. The number of carbonyl (C=O) groups excluding carboxylic acids is 2.